The number of aliphatic hydroxyl groups is 1. The Hall–Kier alpha value is -1.05. The second-order valence-electron chi connectivity index (χ2n) is 18.7. The van der Waals surface area contributed by atoms with Gasteiger partial charge in [-0.3, -0.25) is 0 Å². The topological polar surface area (TPSA) is 38.7 Å². The molecule has 0 aromatic heterocycles. The Kier molecular flexibility index (Phi) is 8.78. The Morgan fingerprint density at radius 3 is 1.63 bits per heavy atom. The van der Waals surface area contributed by atoms with Gasteiger partial charge in [-0.2, -0.15) is 0 Å². The average molecular weight is 625 g/mol. The van der Waals surface area contributed by atoms with Crippen LogP contribution in [0.5, 0.6) is 11.5 Å². The fourth-order valence-electron chi connectivity index (χ4n) is 9.09. The molecule has 1 N–H and O–H groups in total. The monoisotopic (exact) mass is 624 g/mol. The molecule has 0 heterocycles. The zero-order chi connectivity index (χ0) is 31.8. The van der Waals surface area contributed by atoms with E-state index in [2.05, 4.69) is 93.4 Å². The SMILES string of the molecule is C=C(C)[C@@H]1CC[C@@H](CO)C[C@H]1c1c(O[Si](C)(C)C(C)(C)C)cc(C23CC4CC(CC(C4)C2)C3)cc1O[Si](C)(C)C(C)(C)C. The zero-order valence-corrected chi connectivity index (χ0v) is 31.7. The van der Waals surface area contributed by atoms with E-state index in [0.29, 0.717) is 11.8 Å². The van der Waals surface area contributed by atoms with Crippen LogP contribution in [-0.2, 0) is 5.41 Å². The molecule has 1 aromatic carbocycles. The lowest BCUT2D eigenvalue weighted by Crippen LogP contribution is -2.49. The van der Waals surface area contributed by atoms with Gasteiger partial charge in [0.1, 0.15) is 11.5 Å². The molecule has 3 atom stereocenters. The highest BCUT2D eigenvalue weighted by Gasteiger charge is 2.53. The van der Waals surface area contributed by atoms with E-state index in [1.807, 2.05) is 0 Å². The van der Waals surface area contributed by atoms with Gasteiger partial charge in [0.2, 0.25) is 16.6 Å². The van der Waals surface area contributed by atoms with Crippen molar-refractivity contribution in [2.75, 3.05) is 6.61 Å². The van der Waals surface area contributed by atoms with Crippen molar-refractivity contribution in [1.82, 2.24) is 0 Å². The molecule has 5 fully saturated rings. The molecule has 0 radical (unpaired) electrons. The average Bonchev–Trinajstić information content (AvgIpc) is 2.85. The van der Waals surface area contributed by atoms with Gasteiger partial charge in [-0.05, 0) is 160 Å². The number of allylic oxidation sites excluding steroid dienone is 1. The smallest absolute Gasteiger partial charge is 0.250 e. The minimum atomic E-state index is -2.16. The first-order chi connectivity index (χ1) is 19.7. The normalized spacial score (nSPS) is 33.0. The maximum Gasteiger partial charge on any atom is 0.250 e. The summed E-state index contributed by atoms with van der Waals surface area (Å²) < 4.78 is 14.9. The zero-order valence-electron chi connectivity index (χ0n) is 29.7. The van der Waals surface area contributed by atoms with E-state index in [9.17, 15) is 5.11 Å². The van der Waals surface area contributed by atoms with Gasteiger partial charge in [0.15, 0.2) is 0 Å². The first kappa shape index (κ1) is 33.3. The number of hydrogen-bond donors (Lipinski definition) is 1. The summed E-state index contributed by atoms with van der Waals surface area (Å²) in [5.41, 5.74) is 4.30. The maximum atomic E-state index is 10.4. The molecular formula is C38H64O3Si2. The van der Waals surface area contributed by atoms with Gasteiger partial charge in [-0.25, -0.2) is 0 Å². The van der Waals surface area contributed by atoms with Crippen LogP contribution in [0.15, 0.2) is 24.3 Å². The number of hydrogen-bond acceptors (Lipinski definition) is 3. The molecular weight excluding hydrogens is 561 g/mol. The maximum absolute atomic E-state index is 10.4. The van der Waals surface area contributed by atoms with Crippen molar-refractivity contribution in [2.24, 2.45) is 29.6 Å². The molecule has 5 heteroatoms. The van der Waals surface area contributed by atoms with Crippen LogP contribution in [0, 0.1) is 29.6 Å². The van der Waals surface area contributed by atoms with E-state index in [4.69, 9.17) is 8.85 Å². The largest absolute Gasteiger partial charge is 0.543 e. The van der Waals surface area contributed by atoms with Gasteiger partial charge in [0.05, 0.1) is 0 Å². The summed E-state index contributed by atoms with van der Waals surface area (Å²) in [5.74, 6) is 5.78. The van der Waals surface area contributed by atoms with E-state index in [1.165, 1.54) is 55.2 Å². The summed E-state index contributed by atoms with van der Waals surface area (Å²) in [6.45, 7) is 30.7. The minimum absolute atomic E-state index is 0.0926. The van der Waals surface area contributed by atoms with Crippen molar-refractivity contribution in [3.63, 3.8) is 0 Å². The van der Waals surface area contributed by atoms with Crippen molar-refractivity contribution in [3.05, 3.63) is 35.4 Å². The van der Waals surface area contributed by atoms with Crippen LogP contribution >= 0.6 is 0 Å². The van der Waals surface area contributed by atoms with Crippen LogP contribution < -0.4 is 8.85 Å². The predicted molar refractivity (Wildman–Crippen MR) is 187 cm³/mol. The van der Waals surface area contributed by atoms with Crippen molar-refractivity contribution >= 4 is 16.6 Å². The van der Waals surface area contributed by atoms with Gasteiger partial charge < -0.3 is 14.0 Å². The van der Waals surface area contributed by atoms with Crippen molar-refractivity contribution in [3.8, 4) is 11.5 Å². The lowest BCUT2D eigenvalue weighted by molar-refractivity contribution is -0.00533. The summed E-state index contributed by atoms with van der Waals surface area (Å²) in [7, 11) is -4.32. The fraction of sp³-hybridized carbons (Fsp3) is 0.789. The molecule has 0 unspecified atom stereocenters. The summed E-state index contributed by atoms with van der Waals surface area (Å²) in [4.78, 5) is 0. The Bertz CT molecular complexity index is 1120. The van der Waals surface area contributed by atoms with Crippen molar-refractivity contribution < 1.29 is 14.0 Å². The second kappa shape index (κ2) is 11.3. The van der Waals surface area contributed by atoms with E-state index in [1.54, 1.807) is 0 Å². The second-order valence-corrected chi connectivity index (χ2v) is 28.2. The Morgan fingerprint density at radius 1 is 0.814 bits per heavy atom. The summed E-state index contributed by atoms with van der Waals surface area (Å²) >= 11 is 0. The van der Waals surface area contributed by atoms with Crippen LogP contribution in [0.2, 0.25) is 36.3 Å². The number of aliphatic hydroxyl groups excluding tert-OH is 1. The van der Waals surface area contributed by atoms with Crippen LogP contribution in [0.4, 0.5) is 0 Å². The summed E-state index contributed by atoms with van der Waals surface area (Å²) in [6, 6.07) is 5.05. The molecule has 43 heavy (non-hydrogen) atoms. The van der Waals surface area contributed by atoms with Crippen molar-refractivity contribution in [2.45, 2.75) is 154 Å². The van der Waals surface area contributed by atoms with Gasteiger partial charge in [-0.1, -0.05) is 53.7 Å². The third-order valence-corrected chi connectivity index (χ3v) is 22.0. The van der Waals surface area contributed by atoms with Crippen LogP contribution in [-0.4, -0.2) is 28.3 Å². The molecule has 0 saturated heterocycles. The molecule has 1 aromatic rings. The molecule has 0 aliphatic heterocycles. The molecule has 4 bridgehead atoms. The number of benzene rings is 1. The third kappa shape index (κ3) is 6.35. The lowest BCUT2D eigenvalue weighted by Gasteiger charge is -2.57. The molecule has 6 rings (SSSR count). The van der Waals surface area contributed by atoms with E-state index < -0.39 is 16.6 Å². The highest BCUT2D eigenvalue weighted by Crippen LogP contribution is 2.62. The molecule has 3 nitrogen and oxygen atoms in total. The first-order valence-electron chi connectivity index (χ1n) is 17.6. The van der Waals surface area contributed by atoms with Gasteiger partial charge >= 0.3 is 0 Å². The standard InChI is InChI=1S/C38H64O3Si2/c1-25(2)31-14-13-26(24-39)18-32(31)35-33(40-42(9,10)36(3,4)5)19-30(20-34(35)41-43(11,12)37(6,7)8)38-21-27-15-28(22-38)17-29(16-27)23-38/h19-20,26-29,31-32,39H,1,13-18,21-24H2,2-12H3/t26-,27?,28?,29?,31+,32-,38?/m1/s1. The Labute approximate surface area is 266 Å². The van der Waals surface area contributed by atoms with E-state index in [-0.39, 0.29) is 28.0 Å². The number of rotatable bonds is 8. The minimum Gasteiger partial charge on any atom is -0.543 e. The highest BCUT2D eigenvalue weighted by molar-refractivity contribution is 6.75. The van der Waals surface area contributed by atoms with Crippen LogP contribution in [0.25, 0.3) is 0 Å². The highest BCUT2D eigenvalue weighted by atomic mass is 28.4. The van der Waals surface area contributed by atoms with Gasteiger partial charge in [0, 0.05) is 12.2 Å². The first-order valence-corrected chi connectivity index (χ1v) is 23.4. The predicted octanol–water partition coefficient (Wildman–Crippen LogP) is 11.0. The van der Waals surface area contributed by atoms with Crippen LogP contribution in [0.3, 0.4) is 0 Å². The molecule has 5 aliphatic carbocycles. The quantitative estimate of drug-likeness (QED) is 0.231. The van der Waals surface area contributed by atoms with E-state index >= 15 is 0 Å². The molecule has 242 valence electrons. The molecule has 5 saturated carbocycles. The van der Waals surface area contributed by atoms with E-state index in [0.717, 1.165) is 48.5 Å². The molecule has 0 amide bonds. The van der Waals surface area contributed by atoms with Crippen molar-refractivity contribution in [1.29, 1.82) is 0 Å². The third-order valence-electron chi connectivity index (χ3n) is 13.3. The summed E-state index contributed by atoms with van der Waals surface area (Å²) in [5, 5.41) is 10.6. The Balaban J connectivity index is 1.75. The van der Waals surface area contributed by atoms with Gasteiger partial charge in [-0.15, -0.1) is 0 Å². The molecule has 0 spiro atoms. The fourth-order valence-corrected chi connectivity index (χ4v) is 11.1. The lowest BCUT2D eigenvalue weighted by atomic mass is 9.48. The summed E-state index contributed by atoms with van der Waals surface area (Å²) in [6.07, 6.45) is 11.4. The van der Waals surface area contributed by atoms with Crippen LogP contribution in [0.1, 0.15) is 123 Å². The molecule has 5 aliphatic rings. The van der Waals surface area contributed by atoms with Gasteiger partial charge in [0.25, 0.3) is 0 Å². The Morgan fingerprint density at radius 2 is 1.26 bits per heavy atom.